The number of carbonyl (C=O) groups excluding carboxylic acids is 2. The Kier molecular flexibility index (Phi) is 5.70. The molecule has 2 heterocycles. The molecule has 2 N–H and O–H groups in total. The number of aromatic nitrogens is 1. The fraction of sp³-hybridized carbons (Fsp3) is 0.174. The van der Waals surface area contributed by atoms with Crippen LogP contribution in [0, 0.1) is 5.82 Å². The highest BCUT2D eigenvalue weighted by Crippen LogP contribution is 2.34. The van der Waals surface area contributed by atoms with Crippen molar-refractivity contribution < 1.29 is 14.0 Å². The number of para-hydroxylation sites is 1. The van der Waals surface area contributed by atoms with Crippen molar-refractivity contribution in [2.75, 3.05) is 23.3 Å². The first-order valence-corrected chi connectivity index (χ1v) is 9.71. The fourth-order valence-corrected chi connectivity index (χ4v) is 3.66. The Morgan fingerprint density at radius 3 is 2.60 bits per heavy atom. The van der Waals surface area contributed by atoms with Gasteiger partial charge in [0.05, 0.1) is 6.04 Å². The zero-order chi connectivity index (χ0) is 20.9. The lowest BCUT2D eigenvalue weighted by atomic mass is 10.1. The molecule has 3 aromatic rings. The smallest absolute Gasteiger partial charge is 0.313 e. The Balaban J connectivity index is 1.47. The Morgan fingerprint density at radius 1 is 1.03 bits per heavy atom. The lowest BCUT2D eigenvalue weighted by molar-refractivity contribution is -0.136. The summed E-state index contributed by atoms with van der Waals surface area (Å²) in [6.07, 6.45) is 4.40. The monoisotopic (exact) mass is 404 g/mol. The third-order valence-electron chi connectivity index (χ3n) is 5.13. The second-order valence-corrected chi connectivity index (χ2v) is 7.05. The Labute approximate surface area is 173 Å². The number of hydrogen-bond donors (Lipinski definition) is 2. The van der Waals surface area contributed by atoms with Gasteiger partial charge in [0.25, 0.3) is 0 Å². The first-order valence-electron chi connectivity index (χ1n) is 9.71. The van der Waals surface area contributed by atoms with E-state index in [9.17, 15) is 14.0 Å². The van der Waals surface area contributed by atoms with Crippen LogP contribution in [0.4, 0.5) is 15.8 Å². The summed E-state index contributed by atoms with van der Waals surface area (Å²) >= 11 is 0. The van der Waals surface area contributed by atoms with Crippen LogP contribution in [0.25, 0.3) is 0 Å². The standard InChI is InChI=1S/C23H21FN4O2/c24-18-7-9-19(10-8-18)27-23(30)22(29)26-15-21(17-5-3-12-25-14-17)28-13-11-16-4-1-2-6-20(16)28/h1-10,12,14,21H,11,13,15H2,(H,26,29)(H,27,30)/t21-/m1/s1. The maximum Gasteiger partial charge on any atom is 0.313 e. The molecule has 0 radical (unpaired) electrons. The van der Waals surface area contributed by atoms with Gasteiger partial charge in [0, 0.05) is 36.9 Å². The number of benzene rings is 2. The highest BCUT2D eigenvalue weighted by Gasteiger charge is 2.28. The summed E-state index contributed by atoms with van der Waals surface area (Å²) in [5.74, 6) is -1.96. The molecule has 0 aliphatic carbocycles. The molecule has 2 aromatic carbocycles. The van der Waals surface area contributed by atoms with Gasteiger partial charge in [-0.3, -0.25) is 14.6 Å². The lowest BCUT2D eigenvalue weighted by Gasteiger charge is -2.30. The molecule has 0 bridgehead atoms. The molecule has 0 unspecified atom stereocenters. The quantitative estimate of drug-likeness (QED) is 0.641. The van der Waals surface area contributed by atoms with Crippen LogP contribution < -0.4 is 15.5 Å². The highest BCUT2D eigenvalue weighted by molar-refractivity contribution is 6.39. The summed E-state index contributed by atoms with van der Waals surface area (Å²) in [7, 11) is 0. The van der Waals surface area contributed by atoms with E-state index in [1.807, 2.05) is 24.3 Å². The summed E-state index contributed by atoms with van der Waals surface area (Å²) in [6.45, 7) is 1.06. The van der Waals surface area contributed by atoms with Gasteiger partial charge in [-0.2, -0.15) is 0 Å². The molecule has 1 aliphatic rings. The van der Waals surface area contributed by atoms with Crippen molar-refractivity contribution in [2.24, 2.45) is 0 Å². The molecule has 30 heavy (non-hydrogen) atoms. The van der Waals surface area contributed by atoms with Crippen molar-refractivity contribution in [3.05, 3.63) is 90.0 Å². The maximum atomic E-state index is 13.0. The van der Waals surface area contributed by atoms with Crippen molar-refractivity contribution in [2.45, 2.75) is 12.5 Å². The average Bonchev–Trinajstić information content (AvgIpc) is 3.20. The highest BCUT2D eigenvalue weighted by atomic mass is 19.1. The van der Waals surface area contributed by atoms with Crippen molar-refractivity contribution in [1.82, 2.24) is 10.3 Å². The van der Waals surface area contributed by atoms with Gasteiger partial charge in [0.2, 0.25) is 0 Å². The van der Waals surface area contributed by atoms with Crippen LogP contribution in [-0.2, 0) is 16.0 Å². The third kappa shape index (κ3) is 4.30. The largest absolute Gasteiger partial charge is 0.362 e. The number of hydrogen-bond acceptors (Lipinski definition) is 4. The van der Waals surface area contributed by atoms with E-state index in [2.05, 4.69) is 32.7 Å². The molecular formula is C23H21FN4O2. The second-order valence-electron chi connectivity index (χ2n) is 7.05. The van der Waals surface area contributed by atoms with Gasteiger partial charge < -0.3 is 15.5 Å². The number of pyridine rings is 1. The van der Waals surface area contributed by atoms with E-state index in [0.29, 0.717) is 5.69 Å². The van der Waals surface area contributed by atoms with E-state index in [0.717, 1.165) is 24.2 Å². The van der Waals surface area contributed by atoms with Crippen LogP contribution in [-0.4, -0.2) is 29.9 Å². The molecule has 0 saturated carbocycles. The van der Waals surface area contributed by atoms with Crippen LogP contribution in [0.5, 0.6) is 0 Å². The number of nitrogens with one attached hydrogen (secondary N) is 2. The number of anilines is 2. The fourth-order valence-electron chi connectivity index (χ4n) is 3.66. The van der Waals surface area contributed by atoms with Gasteiger partial charge in [-0.1, -0.05) is 24.3 Å². The molecule has 0 saturated heterocycles. The molecule has 0 fully saturated rings. The summed E-state index contributed by atoms with van der Waals surface area (Å²) in [5, 5.41) is 5.20. The number of fused-ring (bicyclic) bond motifs is 1. The SMILES string of the molecule is O=C(NC[C@H](c1cccnc1)N1CCc2ccccc21)C(=O)Nc1ccc(F)cc1. The summed E-state index contributed by atoms with van der Waals surface area (Å²) < 4.78 is 13.0. The van der Waals surface area contributed by atoms with Crippen molar-refractivity contribution in [1.29, 1.82) is 0 Å². The van der Waals surface area contributed by atoms with E-state index < -0.39 is 17.6 Å². The van der Waals surface area contributed by atoms with Crippen LogP contribution >= 0.6 is 0 Å². The summed E-state index contributed by atoms with van der Waals surface area (Å²) in [4.78, 5) is 31.0. The predicted molar refractivity (Wildman–Crippen MR) is 113 cm³/mol. The van der Waals surface area contributed by atoms with Gasteiger partial charge in [-0.15, -0.1) is 0 Å². The first kappa shape index (κ1) is 19.6. The number of halogens is 1. The molecular weight excluding hydrogens is 383 g/mol. The molecule has 2 amide bonds. The van der Waals surface area contributed by atoms with Gasteiger partial charge in [-0.25, -0.2) is 4.39 Å². The molecule has 7 heteroatoms. The lowest BCUT2D eigenvalue weighted by Crippen LogP contribution is -2.41. The Hall–Kier alpha value is -3.74. The number of rotatable bonds is 5. The molecule has 4 rings (SSSR count). The van der Waals surface area contributed by atoms with E-state index >= 15 is 0 Å². The maximum absolute atomic E-state index is 13.0. The van der Waals surface area contributed by atoms with E-state index in [1.54, 1.807) is 12.4 Å². The van der Waals surface area contributed by atoms with Crippen molar-refractivity contribution >= 4 is 23.2 Å². The van der Waals surface area contributed by atoms with Gasteiger partial charge in [-0.05, 0) is 53.9 Å². The van der Waals surface area contributed by atoms with Crippen LogP contribution in [0.15, 0.2) is 73.1 Å². The molecule has 0 spiro atoms. The minimum absolute atomic E-state index is 0.162. The van der Waals surface area contributed by atoms with Crippen LogP contribution in [0.2, 0.25) is 0 Å². The van der Waals surface area contributed by atoms with Gasteiger partial charge in [0.1, 0.15) is 5.82 Å². The molecule has 1 aliphatic heterocycles. The molecule has 152 valence electrons. The van der Waals surface area contributed by atoms with Crippen molar-refractivity contribution in [3.8, 4) is 0 Å². The van der Waals surface area contributed by atoms with Crippen molar-refractivity contribution in [3.63, 3.8) is 0 Å². The summed E-state index contributed by atoms with van der Waals surface area (Å²) in [5.41, 5.74) is 3.69. The number of amides is 2. The van der Waals surface area contributed by atoms with Gasteiger partial charge >= 0.3 is 11.8 Å². The normalized spacial score (nSPS) is 13.4. The van der Waals surface area contributed by atoms with E-state index in [1.165, 1.54) is 29.8 Å². The zero-order valence-electron chi connectivity index (χ0n) is 16.2. The van der Waals surface area contributed by atoms with Crippen LogP contribution in [0.3, 0.4) is 0 Å². The van der Waals surface area contributed by atoms with E-state index in [4.69, 9.17) is 0 Å². The zero-order valence-corrected chi connectivity index (χ0v) is 16.2. The second kappa shape index (κ2) is 8.73. The molecule has 1 atom stereocenters. The number of carbonyl (C=O) groups is 2. The van der Waals surface area contributed by atoms with Crippen LogP contribution in [0.1, 0.15) is 17.2 Å². The predicted octanol–water partition coefficient (Wildman–Crippen LogP) is 3.08. The Bertz CT molecular complexity index is 1040. The molecule has 1 aromatic heterocycles. The minimum Gasteiger partial charge on any atom is -0.362 e. The average molecular weight is 404 g/mol. The van der Waals surface area contributed by atoms with Gasteiger partial charge in [0.15, 0.2) is 0 Å². The first-order chi connectivity index (χ1) is 14.6. The minimum atomic E-state index is -0.798. The number of nitrogens with zero attached hydrogens (tertiary/aromatic N) is 2. The van der Waals surface area contributed by atoms with E-state index in [-0.39, 0.29) is 12.6 Å². The summed E-state index contributed by atoms with van der Waals surface area (Å²) in [6, 6.07) is 17.1. The molecule has 6 nitrogen and oxygen atoms in total. The topological polar surface area (TPSA) is 74.3 Å². The third-order valence-corrected chi connectivity index (χ3v) is 5.13. The Morgan fingerprint density at radius 2 is 1.83 bits per heavy atom.